The van der Waals surface area contributed by atoms with Crippen LogP contribution in [0.4, 0.5) is 11.6 Å². The fourth-order valence-electron chi connectivity index (χ4n) is 1.67. The van der Waals surface area contributed by atoms with Gasteiger partial charge in [-0.15, -0.1) is 0 Å². The molecular formula is C11H17N5O2S. The Hall–Kier alpha value is -1.83. The predicted molar refractivity (Wildman–Crippen MR) is 75.4 cm³/mol. The lowest BCUT2D eigenvalue weighted by atomic mass is 10.5. The van der Waals surface area contributed by atoms with Crippen LogP contribution < -0.4 is 10.6 Å². The fraction of sp³-hybridized carbons (Fsp3) is 0.455. The zero-order chi connectivity index (χ0) is 13.9. The third-order valence-corrected chi connectivity index (χ3v) is 3.44. The Morgan fingerprint density at radius 1 is 1.37 bits per heavy atom. The minimum absolute atomic E-state index is 0.0625. The number of hydrogen-bond acceptors (Lipinski definition) is 6. The summed E-state index contributed by atoms with van der Waals surface area (Å²) in [5.41, 5.74) is 0.676. The van der Waals surface area contributed by atoms with Gasteiger partial charge in [-0.2, -0.15) is 0 Å². The molecule has 0 aliphatic heterocycles. The van der Waals surface area contributed by atoms with E-state index in [1.807, 2.05) is 23.7 Å². The van der Waals surface area contributed by atoms with Gasteiger partial charge in [-0.1, -0.05) is 0 Å². The molecule has 8 heteroatoms. The quantitative estimate of drug-likeness (QED) is 0.808. The molecular weight excluding hydrogens is 266 g/mol. The fourth-order valence-corrected chi connectivity index (χ4v) is 2.14. The SMILES string of the molecule is CCNc1cn2ccnc2c(NCCS(C)(=O)=O)n1. The summed E-state index contributed by atoms with van der Waals surface area (Å²) in [6, 6.07) is 0. The maximum absolute atomic E-state index is 11.1. The van der Waals surface area contributed by atoms with Crippen molar-refractivity contribution in [2.24, 2.45) is 0 Å². The van der Waals surface area contributed by atoms with E-state index in [4.69, 9.17) is 0 Å². The Balaban J connectivity index is 2.22. The van der Waals surface area contributed by atoms with Crippen molar-refractivity contribution in [2.45, 2.75) is 6.92 Å². The molecule has 0 saturated carbocycles. The second-order valence-corrected chi connectivity index (χ2v) is 6.48. The summed E-state index contributed by atoms with van der Waals surface area (Å²) in [5, 5.41) is 6.13. The zero-order valence-electron chi connectivity index (χ0n) is 10.9. The van der Waals surface area contributed by atoms with E-state index in [1.54, 1.807) is 6.20 Å². The Morgan fingerprint density at radius 2 is 2.16 bits per heavy atom. The maximum Gasteiger partial charge on any atom is 0.180 e. The number of anilines is 2. The van der Waals surface area contributed by atoms with Crippen molar-refractivity contribution in [1.29, 1.82) is 0 Å². The van der Waals surface area contributed by atoms with E-state index in [9.17, 15) is 8.42 Å². The first-order chi connectivity index (χ1) is 8.99. The van der Waals surface area contributed by atoms with Gasteiger partial charge in [0.05, 0.1) is 11.9 Å². The van der Waals surface area contributed by atoms with Crippen molar-refractivity contribution >= 4 is 27.1 Å². The average molecular weight is 283 g/mol. The van der Waals surface area contributed by atoms with Gasteiger partial charge in [0, 0.05) is 31.7 Å². The summed E-state index contributed by atoms with van der Waals surface area (Å²) < 4.78 is 24.1. The Bertz CT molecular complexity index is 665. The van der Waals surface area contributed by atoms with Gasteiger partial charge < -0.3 is 15.0 Å². The molecule has 104 valence electrons. The number of hydrogen-bond donors (Lipinski definition) is 2. The van der Waals surface area contributed by atoms with E-state index in [0.29, 0.717) is 18.0 Å². The van der Waals surface area contributed by atoms with Crippen LogP contribution >= 0.6 is 0 Å². The highest BCUT2D eigenvalue weighted by Crippen LogP contribution is 2.15. The number of aromatic nitrogens is 3. The molecule has 0 amide bonds. The molecule has 2 aromatic heterocycles. The second kappa shape index (κ2) is 5.43. The number of sulfone groups is 1. The molecule has 0 bridgehead atoms. The van der Waals surface area contributed by atoms with Gasteiger partial charge in [-0.3, -0.25) is 0 Å². The highest BCUT2D eigenvalue weighted by Gasteiger charge is 2.08. The van der Waals surface area contributed by atoms with Gasteiger partial charge in [0.1, 0.15) is 15.7 Å². The van der Waals surface area contributed by atoms with Crippen LogP contribution in [0, 0.1) is 0 Å². The molecule has 0 fully saturated rings. The number of imidazole rings is 1. The molecule has 2 rings (SSSR count). The smallest absolute Gasteiger partial charge is 0.180 e. The first-order valence-corrected chi connectivity index (χ1v) is 8.05. The van der Waals surface area contributed by atoms with Crippen LogP contribution in [0.5, 0.6) is 0 Å². The number of nitrogens with zero attached hydrogens (tertiary/aromatic N) is 3. The summed E-state index contributed by atoms with van der Waals surface area (Å²) in [5.74, 6) is 1.36. The highest BCUT2D eigenvalue weighted by atomic mass is 32.2. The topological polar surface area (TPSA) is 88.4 Å². The Morgan fingerprint density at radius 3 is 2.84 bits per heavy atom. The molecule has 0 spiro atoms. The van der Waals surface area contributed by atoms with E-state index >= 15 is 0 Å². The van der Waals surface area contributed by atoms with E-state index in [1.165, 1.54) is 6.26 Å². The molecule has 0 atom stereocenters. The molecule has 0 aliphatic rings. The third kappa shape index (κ3) is 3.57. The summed E-state index contributed by atoms with van der Waals surface area (Å²) in [4.78, 5) is 8.58. The lowest BCUT2D eigenvalue weighted by molar-refractivity contribution is 0.602. The van der Waals surface area contributed by atoms with Gasteiger partial charge in [0.2, 0.25) is 0 Å². The van der Waals surface area contributed by atoms with E-state index < -0.39 is 9.84 Å². The predicted octanol–water partition coefficient (Wildman–Crippen LogP) is 0.618. The molecule has 0 saturated heterocycles. The number of rotatable bonds is 6. The number of nitrogens with one attached hydrogen (secondary N) is 2. The molecule has 0 radical (unpaired) electrons. The van der Waals surface area contributed by atoms with Crippen molar-refractivity contribution in [3.05, 3.63) is 18.6 Å². The van der Waals surface area contributed by atoms with Crippen molar-refractivity contribution < 1.29 is 8.42 Å². The molecule has 0 aromatic carbocycles. The zero-order valence-corrected chi connectivity index (χ0v) is 11.7. The number of fused-ring (bicyclic) bond motifs is 1. The van der Waals surface area contributed by atoms with Crippen molar-refractivity contribution in [3.63, 3.8) is 0 Å². The minimum atomic E-state index is -2.99. The van der Waals surface area contributed by atoms with E-state index in [0.717, 1.165) is 12.4 Å². The van der Waals surface area contributed by atoms with Gasteiger partial charge in [0.25, 0.3) is 0 Å². The minimum Gasteiger partial charge on any atom is -0.369 e. The van der Waals surface area contributed by atoms with Gasteiger partial charge in [-0.25, -0.2) is 18.4 Å². The lowest BCUT2D eigenvalue weighted by Gasteiger charge is -2.09. The molecule has 2 heterocycles. The van der Waals surface area contributed by atoms with Crippen molar-refractivity contribution in [2.75, 3.05) is 35.7 Å². The van der Waals surface area contributed by atoms with Gasteiger partial charge >= 0.3 is 0 Å². The van der Waals surface area contributed by atoms with Gasteiger partial charge in [0.15, 0.2) is 11.5 Å². The molecule has 0 aliphatic carbocycles. The summed E-state index contributed by atoms with van der Waals surface area (Å²) in [6.07, 6.45) is 6.55. The lowest BCUT2D eigenvalue weighted by Crippen LogP contribution is -2.16. The van der Waals surface area contributed by atoms with Crippen molar-refractivity contribution in [3.8, 4) is 0 Å². The molecule has 2 aromatic rings. The average Bonchev–Trinajstić information content (AvgIpc) is 2.76. The highest BCUT2D eigenvalue weighted by molar-refractivity contribution is 7.90. The maximum atomic E-state index is 11.1. The van der Waals surface area contributed by atoms with Crippen LogP contribution in [0.3, 0.4) is 0 Å². The van der Waals surface area contributed by atoms with Crippen molar-refractivity contribution in [1.82, 2.24) is 14.4 Å². The standard InChI is InChI=1S/C11H17N5O2S/c1-3-12-9-8-16-6-4-14-11(16)10(15-9)13-5-7-19(2,17)18/h4,6,8,12H,3,5,7H2,1-2H3,(H,13,15). The monoisotopic (exact) mass is 283 g/mol. The second-order valence-electron chi connectivity index (χ2n) is 4.22. The van der Waals surface area contributed by atoms with Crippen LogP contribution in [0.1, 0.15) is 6.92 Å². The summed E-state index contributed by atoms with van der Waals surface area (Å²) >= 11 is 0. The van der Waals surface area contributed by atoms with Crippen LogP contribution in [0.25, 0.3) is 5.65 Å². The van der Waals surface area contributed by atoms with Crippen LogP contribution in [-0.2, 0) is 9.84 Å². The van der Waals surface area contributed by atoms with Crippen LogP contribution in [0.2, 0.25) is 0 Å². The van der Waals surface area contributed by atoms with Crippen LogP contribution in [0.15, 0.2) is 18.6 Å². The van der Waals surface area contributed by atoms with Gasteiger partial charge in [-0.05, 0) is 6.92 Å². The van der Waals surface area contributed by atoms with Crippen LogP contribution in [-0.4, -0.2) is 47.9 Å². The first-order valence-electron chi connectivity index (χ1n) is 5.99. The third-order valence-electron chi connectivity index (χ3n) is 2.50. The Labute approximate surface area is 112 Å². The van der Waals surface area contributed by atoms with E-state index in [-0.39, 0.29) is 5.75 Å². The Kier molecular flexibility index (Phi) is 3.89. The largest absolute Gasteiger partial charge is 0.369 e. The molecule has 0 unspecified atom stereocenters. The molecule has 2 N–H and O–H groups in total. The molecule has 7 nitrogen and oxygen atoms in total. The first kappa shape index (κ1) is 13.6. The molecule has 19 heavy (non-hydrogen) atoms. The summed E-state index contributed by atoms with van der Waals surface area (Å²) in [6.45, 7) is 3.05. The normalized spacial score (nSPS) is 11.7. The summed E-state index contributed by atoms with van der Waals surface area (Å²) in [7, 11) is -2.99. The van der Waals surface area contributed by atoms with E-state index in [2.05, 4.69) is 20.6 Å².